The lowest BCUT2D eigenvalue weighted by molar-refractivity contribution is -0.140. The zero-order chi connectivity index (χ0) is 15.0. The van der Waals surface area contributed by atoms with E-state index in [0.717, 1.165) is 4.91 Å². The van der Waals surface area contributed by atoms with E-state index < -0.39 is 18.0 Å². The minimum atomic E-state index is -1.08. The number of aliphatic hydroxyl groups excluding tert-OH is 1. The summed E-state index contributed by atoms with van der Waals surface area (Å²) in [7, 11) is 0. The summed E-state index contributed by atoms with van der Waals surface area (Å²) in [5.41, 5.74) is 5.55. The fourth-order valence-corrected chi connectivity index (χ4v) is 4.08. The summed E-state index contributed by atoms with van der Waals surface area (Å²) in [6.07, 6.45) is -0.253. The van der Waals surface area contributed by atoms with Crippen LogP contribution in [0.15, 0.2) is 10.6 Å². The van der Waals surface area contributed by atoms with E-state index in [-0.39, 0.29) is 23.6 Å². The molecule has 1 amide bonds. The largest absolute Gasteiger partial charge is 0.477 e. The number of nitrogens with two attached hydrogens (primary N) is 1. The van der Waals surface area contributed by atoms with Crippen LogP contribution in [0.1, 0.15) is 20.3 Å². The molecule has 0 bridgehead atoms. The van der Waals surface area contributed by atoms with Crippen LogP contribution in [0.25, 0.3) is 0 Å². The molecule has 0 aromatic rings. The smallest absolute Gasteiger partial charge is 0.353 e. The first kappa shape index (κ1) is 15.3. The molecule has 0 radical (unpaired) electrons. The van der Waals surface area contributed by atoms with Gasteiger partial charge in [-0.25, -0.2) is 4.79 Å². The van der Waals surface area contributed by atoms with Crippen LogP contribution >= 0.6 is 11.8 Å². The normalized spacial score (nSPS) is 30.9. The molecular formula is C13H20N2O4S. The molecule has 0 aromatic carbocycles. The number of rotatable bonds is 5. The van der Waals surface area contributed by atoms with Gasteiger partial charge >= 0.3 is 5.97 Å². The Kier molecular flexibility index (Phi) is 4.41. The molecule has 1 fully saturated rings. The number of nitrogens with zero attached hydrogens (tertiary/aromatic N) is 1. The number of carboxylic acids is 1. The topological polar surface area (TPSA) is 104 Å². The third-order valence-electron chi connectivity index (χ3n) is 4.01. The Hall–Kier alpha value is -1.05. The summed E-state index contributed by atoms with van der Waals surface area (Å²) in [5, 5.41) is 19.1. The Morgan fingerprint density at radius 2 is 2.25 bits per heavy atom. The number of aliphatic hydroxyl groups is 1. The molecule has 4 unspecified atom stereocenters. The van der Waals surface area contributed by atoms with Crippen LogP contribution in [0.2, 0.25) is 0 Å². The van der Waals surface area contributed by atoms with E-state index in [2.05, 4.69) is 0 Å². The first-order chi connectivity index (χ1) is 9.40. The Bertz CT molecular complexity index is 463. The van der Waals surface area contributed by atoms with Crippen LogP contribution in [0.3, 0.4) is 0 Å². The number of thioether (sulfide) groups is 1. The second kappa shape index (κ2) is 5.75. The van der Waals surface area contributed by atoms with Gasteiger partial charge in [0.1, 0.15) is 5.70 Å². The molecule has 1 saturated heterocycles. The fraction of sp³-hybridized carbons (Fsp3) is 0.692. The summed E-state index contributed by atoms with van der Waals surface area (Å²) >= 11 is 1.41. The number of carbonyl (C=O) groups excluding carboxylic acids is 1. The van der Waals surface area contributed by atoms with E-state index in [9.17, 15) is 19.8 Å². The minimum Gasteiger partial charge on any atom is -0.477 e. The SMILES string of the molecule is CC(O)C1CC2C(C)C(SCCN)=C(C(=O)O)N2C1=O. The van der Waals surface area contributed by atoms with Crippen molar-refractivity contribution in [3.8, 4) is 0 Å². The average molecular weight is 300 g/mol. The second-order valence-corrected chi connectivity index (χ2v) is 6.44. The number of carbonyl (C=O) groups is 2. The molecule has 2 aliphatic heterocycles. The van der Waals surface area contributed by atoms with Gasteiger partial charge < -0.3 is 20.8 Å². The van der Waals surface area contributed by atoms with Gasteiger partial charge in [-0.2, -0.15) is 0 Å². The van der Waals surface area contributed by atoms with Gasteiger partial charge in [-0.3, -0.25) is 4.79 Å². The Morgan fingerprint density at radius 1 is 1.60 bits per heavy atom. The highest BCUT2D eigenvalue weighted by Gasteiger charge is 2.52. The third kappa shape index (κ3) is 2.34. The molecule has 0 aliphatic carbocycles. The Labute approximate surface area is 122 Å². The summed E-state index contributed by atoms with van der Waals surface area (Å²) in [6.45, 7) is 3.97. The summed E-state index contributed by atoms with van der Waals surface area (Å²) in [5.74, 6) is -1.26. The number of fused-ring (bicyclic) bond motifs is 1. The molecular weight excluding hydrogens is 280 g/mol. The summed E-state index contributed by atoms with van der Waals surface area (Å²) in [6, 6.07) is -0.159. The van der Waals surface area contributed by atoms with E-state index in [1.54, 1.807) is 6.92 Å². The molecule has 7 heteroatoms. The standard InChI is InChI=1S/C13H20N2O4S/c1-6-9-5-8(7(2)16)12(17)15(9)10(13(18)19)11(6)20-4-3-14/h6-9,16H,3-5,14H2,1-2H3,(H,18,19). The average Bonchev–Trinajstić information content (AvgIpc) is 2.84. The Morgan fingerprint density at radius 3 is 2.75 bits per heavy atom. The van der Waals surface area contributed by atoms with Crippen LogP contribution in [0.4, 0.5) is 0 Å². The van der Waals surface area contributed by atoms with E-state index in [1.165, 1.54) is 16.7 Å². The highest BCUT2D eigenvalue weighted by atomic mass is 32.2. The van der Waals surface area contributed by atoms with Crippen LogP contribution < -0.4 is 5.73 Å². The molecule has 0 saturated carbocycles. The second-order valence-electron chi connectivity index (χ2n) is 5.30. The van der Waals surface area contributed by atoms with Gasteiger partial charge in [0, 0.05) is 29.2 Å². The molecule has 112 valence electrons. The monoisotopic (exact) mass is 300 g/mol. The third-order valence-corrected chi connectivity index (χ3v) is 5.32. The van der Waals surface area contributed by atoms with Crippen molar-refractivity contribution in [1.29, 1.82) is 0 Å². The van der Waals surface area contributed by atoms with Crippen molar-refractivity contribution in [2.45, 2.75) is 32.4 Å². The number of amides is 1. The van der Waals surface area contributed by atoms with Crippen LogP contribution in [0, 0.1) is 11.8 Å². The van der Waals surface area contributed by atoms with E-state index >= 15 is 0 Å². The maximum atomic E-state index is 12.3. The molecule has 4 atom stereocenters. The highest BCUT2D eigenvalue weighted by Crippen LogP contribution is 2.47. The lowest BCUT2D eigenvalue weighted by atomic mass is 9.94. The van der Waals surface area contributed by atoms with Crippen molar-refractivity contribution < 1.29 is 19.8 Å². The lowest BCUT2D eigenvalue weighted by Crippen LogP contribution is -2.35. The molecule has 2 aliphatic rings. The summed E-state index contributed by atoms with van der Waals surface area (Å²) < 4.78 is 0. The van der Waals surface area contributed by atoms with Gasteiger partial charge in [0.05, 0.1) is 12.0 Å². The quantitative estimate of drug-likeness (QED) is 0.671. The van der Waals surface area contributed by atoms with Crippen molar-refractivity contribution in [2.24, 2.45) is 17.6 Å². The van der Waals surface area contributed by atoms with Gasteiger partial charge in [0.25, 0.3) is 0 Å². The van der Waals surface area contributed by atoms with E-state index in [4.69, 9.17) is 5.73 Å². The first-order valence-corrected chi connectivity index (χ1v) is 7.70. The van der Waals surface area contributed by atoms with E-state index in [1.807, 2.05) is 6.92 Å². The van der Waals surface area contributed by atoms with Gasteiger partial charge in [0.15, 0.2) is 0 Å². The van der Waals surface area contributed by atoms with E-state index in [0.29, 0.717) is 18.7 Å². The van der Waals surface area contributed by atoms with Crippen molar-refractivity contribution in [3.63, 3.8) is 0 Å². The van der Waals surface area contributed by atoms with Gasteiger partial charge in [-0.1, -0.05) is 6.92 Å². The summed E-state index contributed by atoms with van der Waals surface area (Å²) in [4.78, 5) is 26.0. The number of hydrogen-bond acceptors (Lipinski definition) is 5. The molecule has 4 N–H and O–H groups in total. The fourth-order valence-electron chi connectivity index (χ4n) is 3.00. The Balaban J connectivity index is 2.35. The van der Waals surface area contributed by atoms with Crippen molar-refractivity contribution in [1.82, 2.24) is 4.90 Å². The molecule has 0 aromatic heterocycles. The molecule has 0 spiro atoms. The molecule has 2 heterocycles. The highest BCUT2D eigenvalue weighted by molar-refractivity contribution is 8.03. The predicted molar refractivity (Wildman–Crippen MR) is 75.8 cm³/mol. The van der Waals surface area contributed by atoms with Crippen LogP contribution in [-0.4, -0.2) is 51.4 Å². The maximum absolute atomic E-state index is 12.3. The van der Waals surface area contributed by atoms with Gasteiger partial charge in [-0.05, 0) is 13.3 Å². The number of aliphatic carboxylic acids is 1. The van der Waals surface area contributed by atoms with Gasteiger partial charge in [0.2, 0.25) is 5.91 Å². The molecule has 20 heavy (non-hydrogen) atoms. The maximum Gasteiger partial charge on any atom is 0.353 e. The lowest BCUT2D eigenvalue weighted by Gasteiger charge is -2.19. The molecule has 2 rings (SSSR count). The van der Waals surface area contributed by atoms with Crippen molar-refractivity contribution in [3.05, 3.63) is 10.6 Å². The zero-order valence-electron chi connectivity index (χ0n) is 11.6. The zero-order valence-corrected chi connectivity index (χ0v) is 12.4. The predicted octanol–water partition coefficient (Wildman–Crippen LogP) is 0.222. The first-order valence-electron chi connectivity index (χ1n) is 6.71. The van der Waals surface area contributed by atoms with Crippen LogP contribution in [-0.2, 0) is 9.59 Å². The van der Waals surface area contributed by atoms with Crippen molar-refractivity contribution >= 4 is 23.6 Å². The van der Waals surface area contributed by atoms with Crippen LogP contribution in [0.5, 0.6) is 0 Å². The minimum absolute atomic E-state index is 0.0228. The number of hydrogen-bond donors (Lipinski definition) is 3. The molecule has 6 nitrogen and oxygen atoms in total. The van der Waals surface area contributed by atoms with Gasteiger partial charge in [-0.15, -0.1) is 11.8 Å². The van der Waals surface area contributed by atoms with Crippen molar-refractivity contribution in [2.75, 3.05) is 12.3 Å². The number of carboxylic acid groups (broad SMARTS) is 1.